The molecule has 1 atom stereocenters. The van der Waals surface area contributed by atoms with Gasteiger partial charge in [-0.3, -0.25) is 19.5 Å². The molecule has 0 spiro atoms. The average Bonchev–Trinajstić information content (AvgIpc) is 3.36. The van der Waals surface area contributed by atoms with Crippen LogP contribution in [0.4, 0.5) is 5.95 Å². The van der Waals surface area contributed by atoms with Gasteiger partial charge in [-0.1, -0.05) is 17.8 Å². The van der Waals surface area contributed by atoms with Crippen molar-refractivity contribution in [2.75, 3.05) is 5.32 Å². The molecule has 0 aliphatic heterocycles. The summed E-state index contributed by atoms with van der Waals surface area (Å²) in [5.74, 6) is -0.00732. The molecule has 0 aliphatic carbocycles. The van der Waals surface area contributed by atoms with Crippen molar-refractivity contribution >= 4 is 56.5 Å². The van der Waals surface area contributed by atoms with Gasteiger partial charge in [-0.15, -0.1) is 22.7 Å². The molecule has 0 bridgehead atoms. The molecule has 0 fully saturated rings. The van der Waals surface area contributed by atoms with E-state index in [4.69, 9.17) is 0 Å². The number of carbonyl (C=O) groups excluding carboxylic acids is 1. The fraction of sp³-hybridized carbons (Fsp3) is 0.167. The molecule has 28 heavy (non-hydrogen) atoms. The quantitative estimate of drug-likeness (QED) is 0.385. The highest BCUT2D eigenvalue weighted by molar-refractivity contribution is 8.00. The number of carbonyl (C=O) groups is 1. The summed E-state index contributed by atoms with van der Waals surface area (Å²) in [5, 5.41) is 7.24. The summed E-state index contributed by atoms with van der Waals surface area (Å²) in [7, 11) is 1.68. The van der Waals surface area contributed by atoms with E-state index in [1.807, 2.05) is 22.9 Å². The number of hydrogen-bond donors (Lipinski definition) is 1. The number of thioether (sulfide) groups is 1. The van der Waals surface area contributed by atoms with Crippen LogP contribution in [0.2, 0.25) is 0 Å². The number of fused-ring (bicyclic) bond motifs is 1. The maximum absolute atomic E-state index is 13.0. The molecule has 0 radical (unpaired) electrons. The van der Waals surface area contributed by atoms with Gasteiger partial charge < -0.3 is 0 Å². The molecule has 4 aromatic rings. The molecule has 4 aromatic heterocycles. The maximum atomic E-state index is 13.0. The van der Waals surface area contributed by atoms with Crippen molar-refractivity contribution in [3.05, 3.63) is 51.7 Å². The third kappa shape index (κ3) is 3.58. The molecule has 0 saturated heterocycles. The largest absolute Gasteiger partial charge is 0.294 e. The zero-order valence-electron chi connectivity index (χ0n) is 14.9. The Bertz CT molecular complexity index is 1190. The van der Waals surface area contributed by atoms with Crippen LogP contribution in [0.3, 0.4) is 0 Å². The summed E-state index contributed by atoms with van der Waals surface area (Å²) >= 11 is 4.25. The van der Waals surface area contributed by atoms with Crippen molar-refractivity contribution in [3.63, 3.8) is 0 Å². The van der Waals surface area contributed by atoms with Crippen LogP contribution in [0.5, 0.6) is 0 Å². The van der Waals surface area contributed by atoms with E-state index in [1.54, 1.807) is 43.8 Å². The molecule has 10 heteroatoms. The van der Waals surface area contributed by atoms with Gasteiger partial charge in [0.15, 0.2) is 5.16 Å². The second-order valence-electron chi connectivity index (χ2n) is 5.89. The third-order valence-electron chi connectivity index (χ3n) is 4.01. The summed E-state index contributed by atoms with van der Waals surface area (Å²) < 4.78 is 1.50. The highest BCUT2D eigenvalue weighted by Crippen LogP contribution is 2.34. The van der Waals surface area contributed by atoms with Crippen molar-refractivity contribution in [2.24, 2.45) is 7.05 Å². The van der Waals surface area contributed by atoms with Gasteiger partial charge in [0.05, 0.1) is 10.6 Å². The van der Waals surface area contributed by atoms with Gasteiger partial charge in [0, 0.05) is 35.3 Å². The summed E-state index contributed by atoms with van der Waals surface area (Å²) in [6, 6.07) is 5.63. The zero-order chi connectivity index (χ0) is 19.7. The SMILES string of the molecule is CC(Sc1nc2scc(-c3cccs3)c2c(=O)n1C)C(=O)Nc1ncccn1. The van der Waals surface area contributed by atoms with Crippen LogP contribution >= 0.6 is 34.4 Å². The van der Waals surface area contributed by atoms with Crippen LogP contribution in [0.15, 0.2) is 51.3 Å². The van der Waals surface area contributed by atoms with Crippen LogP contribution in [-0.4, -0.2) is 30.7 Å². The molecule has 4 heterocycles. The van der Waals surface area contributed by atoms with Crippen molar-refractivity contribution in [2.45, 2.75) is 17.3 Å². The van der Waals surface area contributed by atoms with Gasteiger partial charge in [0.1, 0.15) is 4.83 Å². The van der Waals surface area contributed by atoms with Gasteiger partial charge in [-0.2, -0.15) is 0 Å². The van der Waals surface area contributed by atoms with E-state index >= 15 is 0 Å². The first-order chi connectivity index (χ1) is 13.5. The topological polar surface area (TPSA) is 89.8 Å². The van der Waals surface area contributed by atoms with E-state index < -0.39 is 5.25 Å². The number of anilines is 1. The predicted molar refractivity (Wildman–Crippen MR) is 114 cm³/mol. The van der Waals surface area contributed by atoms with E-state index in [-0.39, 0.29) is 17.4 Å². The minimum atomic E-state index is -0.476. The number of amides is 1. The van der Waals surface area contributed by atoms with Crippen molar-refractivity contribution in [1.29, 1.82) is 0 Å². The molecule has 4 rings (SSSR count). The number of nitrogens with zero attached hydrogens (tertiary/aromatic N) is 4. The number of hydrogen-bond acceptors (Lipinski definition) is 8. The summed E-state index contributed by atoms with van der Waals surface area (Å²) in [6.45, 7) is 1.75. The Balaban J connectivity index is 1.62. The second kappa shape index (κ2) is 7.82. The predicted octanol–water partition coefficient (Wildman–Crippen LogP) is 3.63. The van der Waals surface area contributed by atoms with Crippen molar-refractivity contribution < 1.29 is 4.79 Å². The normalized spacial score (nSPS) is 12.2. The molecular formula is C18H15N5O2S3. The van der Waals surface area contributed by atoms with E-state index in [9.17, 15) is 9.59 Å². The molecule has 0 aromatic carbocycles. The first-order valence-electron chi connectivity index (χ1n) is 8.31. The fourth-order valence-corrected chi connectivity index (χ4v) is 5.24. The monoisotopic (exact) mass is 429 g/mol. The smallest absolute Gasteiger partial charge is 0.263 e. The Labute approximate surface area is 172 Å². The maximum Gasteiger partial charge on any atom is 0.263 e. The highest BCUT2D eigenvalue weighted by Gasteiger charge is 2.21. The number of nitrogens with one attached hydrogen (secondary N) is 1. The standard InChI is InChI=1S/C18H15N5O2S3/c1-10(14(24)21-17-19-6-4-7-20-17)28-18-22-15-13(16(25)23(18)2)11(9-27-15)12-5-3-8-26-12/h3-10H,1-2H3,(H,19,20,21,24). The summed E-state index contributed by atoms with van der Waals surface area (Å²) in [4.78, 5) is 39.7. The highest BCUT2D eigenvalue weighted by atomic mass is 32.2. The Kier molecular flexibility index (Phi) is 5.25. The summed E-state index contributed by atoms with van der Waals surface area (Å²) in [6.07, 6.45) is 3.11. The molecule has 1 unspecified atom stereocenters. The van der Waals surface area contributed by atoms with E-state index in [2.05, 4.69) is 20.3 Å². The Morgan fingerprint density at radius 3 is 2.75 bits per heavy atom. The first-order valence-corrected chi connectivity index (χ1v) is 10.9. The molecule has 1 N–H and O–H groups in total. The van der Waals surface area contributed by atoms with E-state index in [0.29, 0.717) is 15.4 Å². The van der Waals surface area contributed by atoms with Gasteiger partial charge in [0.25, 0.3) is 5.56 Å². The molecule has 0 aliphatic rings. The summed E-state index contributed by atoms with van der Waals surface area (Å²) in [5.41, 5.74) is 0.794. The Morgan fingerprint density at radius 1 is 1.25 bits per heavy atom. The van der Waals surface area contributed by atoms with Crippen molar-refractivity contribution in [3.8, 4) is 10.4 Å². The third-order valence-corrected chi connectivity index (χ3v) is 6.93. The zero-order valence-corrected chi connectivity index (χ0v) is 17.4. The van der Waals surface area contributed by atoms with Gasteiger partial charge in [-0.25, -0.2) is 15.0 Å². The van der Waals surface area contributed by atoms with Crippen LogP contribution in [0, 0.1) is 0 Å². The molecule has 0 saturated carbocycles. The van der Waals surface area contributed by atoms with Gasteiger partial charge in [-0.05, 0) is 24.4 Å². The second-order valence-corrected chi connectivity index (χ2v) is 9.00. The first kappa shape index (κ1) is 18.8. The molecule has 1 amide bonds. The average molecular weight is 430 g/mol. The van der Waals surface area contributed by atoms with Crippen LogP contribution in [-0.2, 0) is 11.8 Å². The number of aromatic nitrogens is 4. The van der Waals surface area contributed by atoms with Crippen LogP contribution < -0.4 is 10.9 Å². The van der Waals surface area contributed by atoms with E-state index in [0.717, 1.165) is 10.4 Å². The minimum absolute atomic E-state index is 0.115. The van der Waals surface area contributed by atoms with E-state index in [1.165, 1.54) is 27.7 Å². The van der Waals surface area contributed by atoms with Gasteiger partial charge in [0.2, 0.25) is 11.9 Å². The van der Waals surface area contributed by atoms with Gasteiger partial charge >= 0.3 is 0 Å². The molecule has 142 valence electrons. The number of rotatable bonds is 5. The van der Waals surface area contributed by atoms with Crippen LogP contribution in [0.25, 0.3) is 20.7 Å². The molecule has 7 nitrogen and oxygen atoms in total. The molecular weight excluding hydrogens is 414 g/mol. The Hall–Kier alpha value is -2.56. The van der Waals surface area contributed by atoms with Crippen LogP contribution in [0.1, 0.15) is 6.92 Å². The lowest BCUT2D eigenvalue weighted by molar-refractivity contribution is -0.115. The lowest BCUT2D eigenvalue weighted by Gasteiger charge is -2.12. The lowest BCUT2D eigenvalue weighted by Crippen LogP contribution is -2.26. The fourth-order valence-electron chi connectivity index (χ4n) is 2.56. The Morgan fingerprint density at radius 2 is 2.04 bits per heavy atom. The number of thiophene rings is 2. The lowest BCUT2D eigenvalue weighted by atomic mass is 10.2. The minimum Gasteiger partial charge on any atom is -0.294 e. The van der Waals surface area contributed by atoms with Crippen molar-refractivity contribution in [1.82, 2.24) is 19.5 Å².